The van der Waals surface area contributed by atoms with Crippen LogP contribution in [0.4, 0.5) is 17.3 Å². The number of nitrogens with zero attached hydrogens (tertiary/aromatic N) is 2. The van der Waals surface area contributed by atoms with Gasteiger partial charge in [0.15, 0.2) is 0 Å². The number of nitrogens with one attached hydrogen (secondary N) is 2. The molecule has 1 aromatic heterocycles. The van der Waals surface area contributed by atoms with Crippen LogP contribution in [0.1, 0.15) is 0 Å². The van der Waals surface area contributed by atoms with Gasteiger partial charge in [0.25, 0.3) is 5.69 Å². The lowest BCUT2D eigenvalue weighted by Crippen LogP contribution is -2.22. The van der Waals surface area contributed by atoms with Gasteiger partial charge in [-0.1, -0.05) is 0 Å². The molecule has 0 atom stereocenters. The van der Waals surface area contributed by atoms with Gasteiger partial charge in [0.1, 0.15) is 11.6 Å². The Bertz CT molecular complexity index is 421. The topological polar surface area (TPSA) is 149 Å². The molecule has 0 fully saturated rings. The lowest BCUT2D eigenvalue weighted by atomic mass is 10.3. The van der Waals surface area contributed by atoms with E-state index in [0.29, 0.717) is 0 Å². The third-order valence-electron chi connectivity index (χ3n) is 1.61. The Morgan fingerprint density at radius 3 is 2.62 bits per heavy atom. The lowest BCUT2D eigenvalue weighted by Gasteiger charge is -2.05. The molecule has 0 saturated heterocycles. The Labute approximate surface area is 89.9 Å². The van der Waals surface area contributed by atoms with E-state index in [-0.39, 0.29) is 23.9 Å². The molecular weight excluding hydrogens is 216 g/mol. The minimum atomic E-state index is -0.601. The van der Waals surface area contributed by atoms with Gasteiger partial charge in [-0.15, -0.1) is 0 Å². The van der Waals surface area contributed by atoms with E-state index in [1.807, 2.05) is 0 Å². The average Bonchev–Trinajstić information content (AvgIpc) is 2.25. The van der Waals surface area contributed by atoms with Crippen LogP contribution in [-0.2, 0) is 4.79 Å². The molecule has 0 aliphatic carbocycles. The molecule has 6 N–H and O–H groups in total. The monoisotopic (exact) mass is 226 g/mol. The first-order valence-electron chi connectivity index (χ1n) is 4.18. The highest BCUT2D eigenvalue weighted by Gasteiger charge is 2.10. The smallest absolute Gasteiger partial charge is 0.276 e. The van der Waals surface area contributed by atoms with Gasteiger partial charge in [-0.05, 0) is 0 Å². The van der Waals surface area contributed by atoms with Crippen molar-refractivity contribution in [2.45, 2.75) is 0 Å². The number of nitrogens with two attached hydrogens (primary N) is 2. The Morgan fingerprint density at radius 1 is 1.50 bits per heavy atom. The molecule has 1 amide bonds. The summed E-state index contributed by atoms with van der Waals surface area (Å²) in [7, 11) is 0. The number of nitro groups is 1. The summed E-state index contributed by atoms with van der Waals surface area (Å²) in [5.41, 5.74) is 6.88. The molecule has 0 aromatic carbocycles. The van der Waals surface area contributed by atoms with E-state index < -0.39 is 10.8 Å². The van der Waals surface area contributed by atoms with Crippen LogP contribution in [0.2, 0.25) is 0 Å². The Morgan fingerprint density at radius 2 is 2.12 bits per heavy atom. The zero-order valence-electron chi connectivity index (χ0n) is 8.14. The van der Waals surface area contributed by atoms with Gasteiger partial charge < -0.3 is 16.5 Å². The summed E-state index contributed by atoms with van der Waals surface area (Å²) in [6, 6.07) is 2.33. The van der Waals surface area contributed by atoms with E-state index >= 15 is 0 Å². The zero-order chi connectivity index (χ0) is 12.1. The van der Waals surface area contributed by atoms with Crippen LogP contribution in [0.15, 0.2) is 12.1 Å². The number of carbonyl (C=O) groups excluding carboxylic acids is 1. The van der Waals surface area contributed by atoms with Gasteiger partial charge in [0, 0.05) is 0 Å². The normalized spacial score (nSPS) is 9.56. The van der Waals surface area contributed by atoms with Gasteiger partial charge in [-0.2, -0.15) is 0 Å². The number of carbonyl (C=O) groups is 1. The van der Waals surface area contributed by atoms with Crippen molar-refractivity contribution >= 4 is 23.2 Å². The molecule has 0 saturated carbocycles. The molecule has 16 heavy (non-hydrogen) atoms. The highest BCUT2D eigenvalue weighted by atomic mass is 16.6. The minimum absolute atomic E-state index is 0.112. The first-order chi connectivity index (χ1) is 7.52. The fourth-order valence-corrected chi connectivity index (χ4v) is 0.964. The maximum atomic E-state index is 10.5. The van der Waals surface area contributed by atoms with Gasteiger partial charge in [0.05, 0.1) is 23.6 Å². The number of hydrogen-bond acceptors (Lipinski definition) is 7. The zero-order valence-corrected chi connectivity index (χ0v) is 8.14. The highest BCUT2D eigenvalue weighted by Crippen LogP contribution is 2.19. The number of aromatic nitrogens is 1. The predicted octanol–water partition coefficient (Wildman–Crippen LogP) is -0.827. The maximum Gasteiger partial charge on any atom is 0.276 e. The molecule has 1 heterocycles. The first kappa shape index (κ1) is 11.7. The predicted molar refractivity (Wildman–Crippen MR) is 56.4 cm³/mol. The van der Waals surface area contributed by atoms with Crippen LogP contribution in [0.5, 0.6) is 0 Å². The molecule has 0 spiro atoms. The highest BCUT2D eigenvalue weighted by molar-refractivity contribution is 5.78. The summed E-state index contributed by atoms with van der Waals surface area (Å²) in [5, 5.41) is 13.1. The van der Waals surface area contributed by atoms with Crippen molar-refractivity contribution in [2.75, 3.05) is 17.3 Å². The van der Waals surface area contributed by atoms with E-state index in [0.717, 1.165) is 6.07 Å². The summed E-state index contributed by atoms with van der Waals surface area (Å²) < 4.78 is 0. The lowest BCUT2D eigenvalue weighted by molar-refractivity contribution is -0.384. The number of nitrogen functional groups attached to an aromatic ring is 1. The molecule has 1 rings (SSSR count). The van der Waals surface area contributed by atoms with Crippen LogP contribution in [-0.4, -0.2) is 22.4 Å². The van der Waals surface area contributed by atoms with Crippen molar-refractivity contribution in [1.29, 1.82) is 0 Å². The largest absolute Gasteiger partial charge is 0.368 e. The van der Waals surface area contributed by atoms with Crippen molar-refractivity contribution in [1.82, 2.24) is 4.98 Å². The van der Waals surface area contributed by atoms with Crippen molar-refractivity contribution in [3.8, 4) is 0 Å². The number of hydrogen-bond donors (Lipinski definition) is 4. The quantitative estimate of drug-likeness (QED) is 0.291. The van der Waals surface area contributed by atoms with E-state index in [2.05, 4.69) is 15.7 Å². The molecule has 9 nitrogen and oxygen atoms in total. The number of amides is 1. The van der Waals surface area contributed by atoms with Crippen LogP contribution in [0.25, 0.3) is 0 Å². The van der Waals surface area contributed by atoms with Crippen molar-refractivity contribution in [3.63, 3.8) is 0 Å². The number of pyridine rings is 1. The third-order valence-corrected chi connectivity index (χ3v) is 1.61. The second-order valence-corrected chi connectivity index (χ2v) is 2.82. The summed E-state index contributed by atoms with van der Waals surface area (Å²) >= 11 is 0. The van der Waals surface area contributed by atoms with Crippen molar-refractivity contribution in [3.05, 3.63) is 22.2 Å². The van der Waals surface area contributed by atoms with Gasteiger partial charge in [-0.3, -0.25) is 14.9 Å². The number of anilines is 2. The number of rotatable bonds is 5. The van der Waals surface area contributed by atoms with Crippen LogP contribution in [0, 0.1) is 10.1 Å². The van der Waals surface area contributed by atoms with Crippen molar-refractivity contribution in [2.24, 2.45) is 11.6 Å². The standard InChI is InChI=1S/C7H10N6O3/c8-5(14)3-10-6-1-4(13(15)16)2-7(11-6)12-9/h1-2H,3,9H2,(H2,8,14)(H2,10,11,12). The van der Waals surface area contributed by atoms with E-state index in [9.17, 15) is 14.9 Å². The Kier molecular flexibility index (Phi) is 3.56. The van der Waals surface area contributed by atoms with E-state index in [4.69, 9.17) is 11.6 Å². The fourth-order valence-electron chi connectivity index (χ4n) is 0.964. The average molecular weight is 226 g/mol. The molecule has 0 unspecified atom stereocenters. The fraction of sp³-hybridized carbons (Fsp3) is 0.143. The first-order valence-corrected chi connectivity index (χ1v) is 4.18. The summed E-state index contributed by atoms with van der Waals surface area (Å²) in [6.07, 6.45) is 0. The second-order valence-electron chi connectivity index (χ2n) is 2.82. The van der Waals surface area contributed by atoms with Crippen LogP contribution >= 0.6 is 0 Å². The van der Waals surface area contributed by atoms with Gasteiger partial charge >= 0.3 is 0 Å². The van der Waals surface area contributed by atoms with Crippen molar-refractivity contribution < 1.29 is 9.72 Å². The summed E-state index contributed by atoms with van der Waals surface area (Å²) in [5.74, 6) is 4.74. The molecule has 0 aliphatic rings. The summed E-state index contributed by atoms with van der Waals surface area (Å²) in [4.78, 5) is 24.3. The number of hydrazine groups is 1. The molecule has 9 heteroatoms. The second kappa shape index (κ2) is 4.89. The molecule has 0 bridgehead atoms. The van der Waals surface area contributed by atoms with Crippen LogP contribution in [0.3, 0.4) is 0 Å². The van der Waals surface area contributed by atoms with Gasteiger partial charge in [-0.25, -0.2) is 10.8 Å². The van der Waals surface area contributed by atoms with Crippen LogP contribution < -0.4 is 22.3 Å². The third kappa shape index (κ3) is 3.06. The SMILES string of the molecule is NNc1cc([N+](=O)[O-])cc(NCC(N)=O)n1. The Balaban J connectivity index is 2.95. The molecule has 0 aliphatic heterocycles. The minimum Gasteiger partial charge on any atom is -0.368 e. The maximum absolute atomic E-state index is 10.5. The molecule has 86 valence electrons. The van der Waals surface area contributed by atoms with Gasteiger partial charge in [0.2, 0.25) is 5.91 Å². The molecule has 0 radical (unpaired) electrons. The summed E-state index contributed by atoms with van der Waals surface area (Å²) in [6.45, 7) is -0.168. The molecule has 1 aromatic rings. The van der Waals surface area contributed by atoms with E-state index in [1.165, 1.54) is 6.07 Å². The molecular formula is C7H10N6O3. The number of primary amides is 1. The Hall–Kier alpha value is -2.42. The van der Waals surface area contributed by atoms with E-state index in [1.54, 1.807) is 0 Å².